The van der Waals surface area contributed by atoms with Gasteiger partial charge in [0.25, 0.3) is 0 Å². The summed E-state index contributed by atoms with van der Waals surface area (Å²) in [5, 5.41) is 0. The Morgan fingerprint density at radius 2 is 0.588 bits per heavy atom. The van der Waals surface area contributed by atoms with Crippen LogP contribution in [0, 0.1) is 0 Å². The van der Waals surface area contributed by atoms with Gasteiger partial charge in [0, 0.05) is 22.9 Å². The molecule has 0 aliphatic carbocycles. The second kappa shape index (κ2) is 21.6. The largest absolute Gasteiger partial charge is 0.457 e. The molecule has 80 heavy (non-hydrogen) atoms. The first-order chi connectivity index (χ1) is 37.4. The lowest BCUT2D eigenvalue weighted by molar-refractivity contribution is 0.483. The lowest BCUT2D eigenvalue weighted by Gasteiger charge is -2.31. The molecule has 0 saturated carbocycles. The third-order valence-electron chi connectivity index (χ3n) is 15.9. The van der Waals surface area contributed by atoms with Crippen molar-refractivity contribution in [3.8, 4) is 67.1 Å². The van der Waals surface area contributed by atoms with Gasteiger partial charge >= 0.3 is 0 Å². The summed E-state index contributed by atoms with van der Waals surface area (Å²) in [5.74, 6) is 1.52. The van der Waals surface area contributed by atoms with E-state index in [1.54, 1.807) is 0 Å². The highest BCUT2D eigenvalue weighted by Crippen LogP contribution is 2.50. The molecule has 0 fully saturated rings. The predicted octanol–water partition coefficient (Wildman–Crippen LogP) is 23.1. The number of hydrogen-bond donors (Lipinski definition) is 0. The van der Waals surface area contributed by atoms with E-state index in [0.717, 1.165) is 67.5 Å². The van der Waals surface area contributed by atoms with Crippen LogP contribution in [-0.2, 0) is 32.5 Å². The van der Waals surface area contributed by atoms with E-state index in [1.807, 2.05) is 0 Å². The van der Waals surface area contributed by atoms with Crippen LogP contribution >= 0.6 is 0 Å². The Labute approximate surface area is 482 Å². The molecule has 0 radical (unpaired) electrons. The van der Waals surface area contributed by atoms with Gasteiger partial charge in [-0.05, 0) is 147 Å². The molecule has 0 unspecified atom stereocenters. The van der Waals surface area contributed by atoms with Crippen LogP contribution in [0.3, 0.4) is 0 Å². The topological polar surface area (TPSA) is 12.5 Å². The monoisotopic (exact) mass is 1050 g/mol. The fourth-order valence-corrected chi connectivity index (χ4v) is 10.5. The highest BCUT2D eigenvalue weighted by atomic mass is 16.5. The number of anilines is 3. The van der Waals surface area contributed by atoms with Crippen LogP contribution in [-0.4, -0.2) is 0 Å². The molecule has 0 amide bonds. The maximum Gasteiger partial charge on any atom is 0.130 e. The Balaban J connectivity index is 1.27. The summed E-state index contributed by atoms with van der Waals surface area (Å²) >= 11 is 0. The molecule has 9 aromatic rings. The minimum Gasteiger partial charge on any atom is -0.457 e. The Hall–Kier alpha value is -7.42. The Bertz CT molecular complexity index is 3470. The zero-order chi connectivity index (χ0) is 57.7. The molecule has 0 aromatic heterocycles. The third-order valence-corrected chi connectivity index (χ3v) is 15.9. The molecule has 410 valence electrons. The van der Waals surface area contributed by atoms with E-state index in [4.69, 9.17) is 4.74 Å². The Morgan fingerprint density at radius 1 is 0.237 bits per heavy atom. The maximum absolute atomic E-state index is 7.10. The molecule has 0 N–H and O–H groups in total. The number of nitrogens with zero attached hydrogens (tertiary/aromatic N) is 1. The van der Waals surface area contributed by atoms with Crippen molar-refractivity contribution in [2.45, 2.75) is 157 Å². The van der Waals surface area contributed by atoms with Crippen LogP contribution in [0.4, 0.5) is 17.1 Å². The van der Waals surface area contributed by atoms with Gasteiger partial charge < -0.3 is 9.64 Å². The van der Waals surface area contributed by atoms with E-state index in [-0.39, 0.29) is 32.5 Å². The van der Waals surface area contributed by atoms with E-state index in [1.165, 1.54) is 50.1 Å². The number of para-hydroxylation sites is 1. The minimum absolute atomic E-state index is 0.00750. The predicted molar refractivity (Wildman–Crippen MR) is 347 cm³/mol. The Kier molecular flexibility index (Phi) is 15.4. The molecule has 0 aliphatic heterocycles. The van der Waals surface area contributed by atoms with Crippen molar-refractivity contribution < 1.29 is 4.74 Å². The standard InChI is InChI=1S/C78H87NO/c1-73(2,3)60-35-27-55(28-36-60)70-25-22-26-71(56-29-37-61(38-30-56)74(4,5)6)72(70)79(66-39-31-53(32-40-66)57-43-62(75(7,8)9)49-63(44-57)76(10,11)12)67-47-59(52-23-20-19-21-24-52)48-69(51-67)80-68-41-33-54(34-42-68)58-45-64(77(13,14)15)50-65(46-58)78(16,17)18/h19-51H,1-18H3. The first kappa shape index (κ1) is 57.3. The molecule has 0 bridgehead atoms. The van der Waals surface area contributed by atoms with Crippen LogP contribution < -0.4 is 9.64 Å². The maximum atomic E-state index is 7.10. The highest BCUT2D eigenvalue weighted by Gasteiger charge is 2.27. The molecule has 0 spiro atoms. The molecule has 0 heterocycles. The second-order valence-electron chi connectivity index (χ2n) is 28.5. The summed E-state index contributed by atoms with van der Waals surface area (Å²) in [6, 6.07) is 74.9. The zero-order valence-corrected chi connectivity index (χ0v) is 51.4. The SMILES string of the molecule is CC(C)(C)c1ccc(-c2cccc(-c3ccc(C(C)(C)C)cc3)c2N(c2ccc(-c3cc(C(C)(C)C)cc(C(C)(C)C)c3)cc2)c2cc(Oc3ccc(-c4cc(C(C)(C)C)cc(C(C)(C)C)c4)cc3)cc(-c3ccccc3)c2)cc1. The first-order valence-corrected chi connectivity index (χ1v) is 29.0. The van der Waals surface area contributed by atoms with Gasteiger partial charge in [-0.2, -0.15) is 0 Å². The fourth-order valence-electron chi connectivity index (χ4n) is 10.5. The van der Waals surface area contributed by atoms with E-state index in [9.17, 15) is 0 Å². The fraction of sp³-hybridized carbons (Fsp3) is 0.308. The second-order valence-corrected chi connectivity index (χ2v) is 28.5. The molecule has 0 atom stereocenters. The van der Waals surface area contributed by atoms with Crippen molar-refractivity contribution in [2.24, 2.45) is 0 Å². The van der Waals surface area contributed by atoms with Crippen molar-refractivity contribution >= 4 is 17.1 Å². The highest BCUT2D eigenvalue weighted by molar-refractivity contribution is 5.98. The van der Waals surface area contributed by atoms with Gasteiger partial charge in [0.05, 0.1) is 11.4 Å². The zero-order valence-electron chi connectivity index (χ0n) is 51.4. The summed E-state index contributed by atoms with van der Waals surface area (Å²) in [4.78, 5) is 2.48. The molecular formula is C78H87NO. The van der Waals surface area contributed by atoms with Gasteiger partial charge in [0.2, 0.25) is 0 Å². The van der Waals surface area contributed by atoms with Crippen LogP contribution in [0.5, 0.6) is 11.5 Å². The molecular weight excluding hydrogens is 967 g/mol. The number of hydrogen-bond acceptors (Lipinski definition) is 2. The van der Waals surface area contributed by atoms with E-state index >= 15 is 0 Å². The van der Waals surface area contributed by atoms with Crippen LogP contribution in [0.25, 0.3) is 55.6 Å². The van der Waals surface area contributed by atoms with Crippen molar-refractivity contribution in [2.75, 3.05) is 4.90 Å². The number of rotatable bonds is 10. The first-order valence-electron chi connectivity index (χ1n) is 29.0. The molecule has 0 aliphatic rings. The molecule has 2 heteroatoms. The summed E-state index contributed by atoms with van der Waals surface area (Å²) in [7, 11) is 0. The summed E-state index contributed by atoms with van der Waals surface area (Å²) in [5.41, 5.74) is 22.6. The van der Waals surface area contributed by atoms with Crippen LogP contribution in [0.1, 0.15) is 158 Å². The Morgan fingerprint density at radius 3 is 0.975 bits per heavy atom. The lowest BCUT2D eigenvalue weighted by atomic mass is 9.79. The number of ether oxygens (including phenoxy) is 1. The average Bonchev–Trinajstić information content (AvgIpc) is 3.49. The van der Waals surface area contributed by atoms with Gasteiger partial charge in [-0.15, -0.1) is 0 Å². The molecule has 9 rings (SSSR count). The molecule has 0 saturated heterocycles. The van der Waals surface area contributed by atoms with Crippen molar-refractivity contribution in [1.82, 2.24) is 0 Å². The quantitative estimate of drug-likeness (QED) is 0.135. The van der Waals surface area contributed by atoms with Crippen LogP contribution in [0.2, 0.25) is 0 Å². The van der Waals surface area contributed by atoms with Gasteiger partial charge in [-0.25, -0.2) is 0 Å². The minimum atomic E-state index is -0.0111. The van der Waals surface area contributed by atoms with Gasteiger partial charge in [-0.1, -0.05) is 282 Å². The smallest absolute Gasteiger partial charge is 0.130 e. The molecule has 9 aromatic carbocycles. The normalized spacial score (nSPS) is 12.6. The summed E-state index contributed by atoms with van der Waals surface area (Å²) in [6.45, 7) is 41.4. The van der Waals surface area contributed by atoms with Gasteiger partial charge in [0.15, 0.2) is 0 Å². The van der Waals surface area contributed by atoms with E-state index < -0.39 is 0 Å². The molecule has 2 nitrogen and oxygen atoms in total. The van der Waals surface area contributed by atoms with Gasteiger partial charge in [-0.3, -0.25) is 0 Å². The van der Waals surface area contributed by atoms with E-state index in [0.29, 0.717) is 0 Å². The van der Waals surface area contributed by atoms with E-state index in [2.05, 4.69) is 330 Å². The van der Waals surface area contributed by atoms with Gasteiger partial charge in [0.1, 0.15) is 11.5 Å². The van der Waals surface area contributed by atoms with Crippen molar-refractivity contribution in [3.63, 3.8) is 0 Å². The summed E-state index contributed by atoms with van der Waals surface area (Å²) < 4.78 is 7.10. The lowest BCUT2D eigenvalue weighted by Crippen LogP contribution is -2.16. The van der Waals surface area contributed by atoms with Crippen molar-refractivity contribution in [1.29, 1.82) is 0 Å². The average molecular weight is 1050 g/mol. The number of benzene rings is 9. The van der Waals surface area contributed by atoms with Crippen LogP contribution in [0.15, 0.2) is 200 Å². The summed E-state index contributed by atoms with van der Waals surface area (Å²) in [6.07, 6.45) is 0. The van der Waals surface area contributed by atoms with Crippen molar-refractivity contribution in [3.05, 3.63) is 234 Å². The third kappa shape index (κ3) is 12.9.